The third-order valence-electron chi connectivity index (χ3n) is 3.18. The largest absolute Gasteiger partial charge is 0.393 e. The molecule has 0 aliphatic heterocycles. The predicted molar refractivity (Wildman–Crippen MR) is 69.6 cm³/mol. The second-order valence-electron chi connectivity index (χ2n) is 5.70. The summed E-state index contributed by atoms with van der Waals surface area (Å²) in [7, 11) is 0. The Morgan fingerprint density at radius 3 is 2.38 bits per heavy atom. The van der Waals surface area contributed by atoms with E-state index < -0.39 is 0 Å². The molecule has 0 fully saturated rings. The molecule has 0 amide bonds. The van der Waals surface area contributed by atoms with E-state index in [1.165, 1.54) is 11.1 Å². The lowest BCUT2D eigenvalue weighted by Gasteiger charge is -2.25. The molecule has 1 N–H and O–H groups in total. The van der Waals surface area contributed by atoms with Crippen molar-refractivity contribution in [1.82, 2.24) is 0 Å². The SMILES string of the molecule is Cc1ccccc1CCCC(O)C(C)(C)C. The van der Waals surface area contributed by atoms with Crippen LogP contribution in [0.1, 0.15) is 44.7 Å². The Morgan fingerprint density at radius 1 is 1.19 bits per heavy atom. The van der Waals surface area contributed by atoms with Crippen molar-refractivity contribution in [3.05, 3.63) is 35.4 Å². The fraction of sp³-hybridized carbons (Fsp3) is 0.600. The molecule has 0 aliphatic carbocycles. The van der Waals surface area contributed by atoms with Crippen LogP contribution in [-0.4, -0.2) is 11.2 Å². The molecule has 1 aromatic rings. The van der Waals surface area contributed by atoms with Crippen LogP contribution in [-0.2, 0) is 6.42 Å². The van der Waals surface area contributed by atoms with Crippen LogP contribution in [0.4, 0.5) is 0 Å². The van der Waals surface area contributed by atoms with E-state index in [4.69, 9.17) is 0 Å². The molecule has 1 atom stereocenters. The minimum Gasteiger partial charge on any atom is -0.393 e. The van der Waals surface area contributed by atoms with Gasteiger partial charge in [0, 0.05) is 0 Å². The third kappa shape index (κ3) is 3.97. The number of benzene rings is 1. The van der Waals surface area contributed by atoms with Gasteiger partial charge in [-0.3, -0.25) is 0 Å². The number of aryl methyl sites for hydroxylation is 2. The second kappa shape index (κ2) is 5.49. The van der Waals surface area contributed by atoms with E-state index in [1.807, 2.05) is 0 Å². The van der Waals surface area contributed by atoms with Gasteiger partial charge in [0.05, 0.1) is 6.10 Å². The summed E-state index contributed by atoms with van der Waals surface area (Å²) in [5.74, 6) is 0. The van der Waals surface area contributed by atoms with E-state index in [2.05, 4.69) is 52.0 Å². The van der Waals surface area contributed by atoms with E-state index >= 15 is 0 Å². The Balaban J connectivity index is 2.40. The summed E-state index contributed by atoms with van der Waals surface area (Å²) >= 11 is 0. The van der Waals surface area contributed by atoms with E-state index in [1.54, 1.807) is 0 Å². The molecule has 0 radical (unpaired) electrons. The lowest BCUT2D eigenvalue weighted by atomic mass is 9.86. The molecule has 0 bridgehead atoms. The van der Waals surface area contributed by atoms with Gasteiger partial charge in [0.2, 0.25) is 0 Å². The summed E-state index contributed by atoms with van der Waals surface area (Å²) in [6.07, 6.45) is 2.82. The summed E-state index contributed by atoms with van der Waals surface area (Å²) in [6, 6.07) is 8.49. The van der Waals surface area contributed by atoms with Gasteiger partial charge in [-0.1, -0.05) is 45.0 Å². The van der Waals surface area contributed by atoms with Crippen LogP contribution in [0.15, 0.2) is 24.3 Å². The standard InChI is InChI=1S/C15H24O/c1-12-8-5-6-9-13(12)10-7-11-14(16)15(2,3)4/h5-6,8-9,14,16H,7,10-11H2,1-4H3. The zero-order valence-electron chi connectivity index (χ0n) is 11.0. The van der Waals surface area contributed by atoms with Crippen molar-refractivity contribution in [3.63, 3.8) is 0 Å². The molecule has 0 saturated heterocycles. The predicted octanol–water partition coefficient (Wildman–Crippen LogP) is 3.72. The van der Waals surface area contributed by atoms with Crippen LogP contribution in [0.3, 0.4) is 0 Å². The summed E-state index contributed by atoms with van der Waals surface area (Å²) in [6.45, 7) is 8.41. The molecule has 0 spiro atoms. The fourth-order valence-electron chi connectivity index (χ4n) is 1.81. The van der Waals surface area contributed by atoms with Crippen molar-refractivity contribution in [2.45, 2.75) is 53.1 Å². The second-order valence-corrected chi connectivity index (χ2v) is 5.70. The Morgan fingerprint density at radius 2 is 1.81 bits per heavy atom. The first-order valence-electron chi connectivity index (χ1n) is 6.14. The first kappa shape index (κ1) is 13.2. The number of hydrogen-bond donors (Lipinski definition) is 1. The van der Waals surface area contributed by atoms with Crippen molar-refractivity contribution in [3.8, 4) is 0 Å². The van der Waals surface area contributed by atoms with Crippen molar-refractivity contribution in [1.29, 1.82) is 0 Å². The molecular formula is C15H24O. The topological polar surface area (TPSA) is 20.2 Å². The minimum absolute atomic E-state index is 0.00569. The molecule has 0 saturated carbocycles. The first-order valence-corrected chi connectivity index (χ1v) is 6.14. The zero-order valence-corrected chi connectivity index (χ0v) is 11.0. The summed E-state index contributed by atoms with van der Waals surface area (Å²) in [5, 5.41) is 9.93. The summed E-state index contributed by atoms with van der Waals surface area (Å²) in [4.78, 5) is 0. The van der Waals surface area contributed by atoms with Crippen LogP contribution in [0.2, 0.25) is 0 Å². The Hall–Kier alpha value is -0.820. The molecular weight excluding hydrogens is 196 g/mol. The molecule has 1 unspecified atom stereocenters. The molecule has 1 aromatic carbocycles. The summed E-state index contributed by atoms with van der Waals surface area (Å²) < 4.78 is 0. The number of aliphatic hydroxyl groups is 1. The molecule has 0 aliphatic rings. The first-order chi connectivity index (χ1) is 7.41. The van der Waals surface area contributed by atoms with Crippen molar-refractivity contribution >= 4 is 0 Å². The molecule has 16 heavy (non-hydrogen) atoms. The maximum Gasteiger partial charge on any atom is 0.0588 e. The normalized spacial score (nSPS) is 13.8. The average molecular weight is 220 g/mol. The average Bonchev–Trinajstić information content (AvgIpc) is 2.19. The van der Waals surface area contributed by atoms with Gasteiger partial charge in [0.15, 0.2) is 0 Å². The molecule has 1 nitrogen and oxygen atoms in total. The smallest absolute Gasteiger partial charge is 0.0588 e. The van der Waals surface area contributed by atoms with E-state index in [-0.39, 0.29) is 11.5 Å². The molecule has 0 heterocycles. The highest BCUT2D eigenvalue weighted by Crippen LogP contribution is 2.23. The van der Waals surface area contributed by atoms with Gasteiger partial charge in [0.1, 0.15) is 0 Å². The van der Waals surface area contributed by atoms with Crippen LogP contribution >= 0.6 is 0 Å². The lowest BCUT2D eigenvalue weighted by molar-refractivity contribution is 0.0540. The fourth-order valence-corrected chi connectivity index (χ4v) is 1.81. The van der Waals surface area contributed by atoms with Crippen LogP contribution in [0.25, 0.3) is 0 Å². The van der Waals surface area contributed by atoms with Gasteiger partial charge in [-0.15, -0.1) is 0 Å². The van der Waals surface area contributed by atoms with Gasteiger partial charge in [0.25, 0.3) is 0 Å². The highest BCUT2D eigenvalue weighted by atomic mass is 16.3. The molecule has 90 valence electrons. The third-order valence-corrected chi connectivity index (χ3v) is 3.18. The highest BCUT2D eigenvalue weighted by Gasteiger charge is 2.21. The zero-order chi connectivity index (χ0) is 12.2. The minimum atomic E-state index is -0.198. The number of hydrogen-bond acceptors (Lipinski definition) is 1. The van der Waals surface area contributed by atoms with Crippen LogP contribution < -0.4 is 0 Å². The van der Waals surface area contributed by atoms with Gasteiger partial charge in [-0.25, -0.2) is 0 Å². The Labute approximate surface area is 99.5 Å². The maximum absolute atomic E-state index is 9.93. The van der Waals surface area contributed by atoms with Crippen molar-refractivity contribution in [2.75, 3.05) is 0 Å². The van der Waals surface area contributed by atoms with Crippen LogP contribution in [0, 0.1) is 12.3 Å². The maximum atomic E-state index is 9.93. The van der Waals surface area contributed by atoms with Gasteiger partial charge < -0.3 is 5.11 Å². The molecule has 1 heteroatoms. The van der Waals surface area contributed by atoms with Gasteiger partial charge in [-0.2, -0.15) is 0 Å². The molecule has 0 aromatic heterocycles. The Bertz CT molecular complexity index is 322. The van der Waals surface area contributed by atoms with Crippen molar-refractivity contribution in [2.24, 2.45) is 5.41 Å². The van der Waals surface area contributed by atoms with Crippen molar-refractivity contribution < 1.29 is 5.11 Å². The quantitative estimate of drug-likeness (QED) is 0.820. The van der Waals surface area contributed by atoms with E-state index in [0.29, 0.717) is 0 Å². The summed E-state index contributed by atoms with van der Waals surface area (Å²) in [5.41, 5.74) is 2.77. The van der Waals surface area contributed by atoms with E-state index in [0.717, 1.165) is 19.3 Å². The molecule has 1 rings (SSSR count). The number of aliphatic hydroxyl groups excluding tert-OH is 1. The monoisotopic (exact) mass is 220 g/mol. The van der Waals surface area contributed by atoms with Crippen LogP contribution in [0.5, 0.6) is 0 Å². The van der Waals surface area contributed by atoms with Gasteiger partial charge in [-0.05, 0) is 42.7 Å². The highest BCUT2D eigenvalue weighted by molar-refractivity contribution is 5.25. The lowest BCUT2D eigenvalue weighted by Crippen LogP contribution is -2.25. The Kier molecular flexibility index (Phi) is 4.55. The van der Waals surface area contributed by atoms with E-state index in [9.17, 15) is 5.11 Å². The number of rotatable bonds is 4. The van der Waals surface area contributed by atoms with Gasteiger partial charge >= 0.3 is 0 Å².